The summed E-state index contributed by atoms with van der Waals surface area (Å²) in [5.41, 5.74) is 8.32. The summed E-state index contributed by atoms with van der Waals surface area (Å²) >= 11 is 0. The number of nitrogens with one attached hydrogen (secondary N) is 1. The van der Waals surface area contributed by atoms with Crippen LogP contribution in [0.4, 0.5) is 14.5 Å². The van der Waals surface area contributed by atoms with Crippen LogP contribution in [0.1, 0.15) is 42.5 Å². The summed E-state index contributed by atoms with van der Waals surface area (Å²) in [6, 6.07) is 10.6. The molecule has 7 heteroatoms. The Hall–Kier alpha value is -0.384. The van der Waals surface area contributed by atoms with Gasteiger partial charge in [-0.2, -0.15) is 0 Å². The van der Waals surface area contributed by atoms with Crippen LogP contribution in [0, 0.1) is 11.6 Å². The number of hydrogen-bond donors (Lipinski definition) is 1. The van der Waals surface area contributed by atoms with Gasteiger partial charge in [0.15, 0.2) is 0 Å². The van der Waals surface area contributed by atoms with Crippen molar-refractivity contribution in [2.75, 3.05) is 32.1 Å². The molecule has 1 aliphatic rings. The molecular formula is C23H30F2KN3O. The molecule has 2 atom stereocenters. The molecule has 2 aromatic rings. The van der Waals surface area contributed by atoms with Crippen molar-refractivity contribution < 1.29 is 65.0 Å². The van der Waals surface area contributed by atoms with Gasteiger partial charge < -0.3 is 20.5 Å². The van der Waals surface area contributed by atoms with Gasteiger partial charge in [0.2, 0.25) is 0 Å². The Labute approximate surface area is 221 Å². The molecule has 3 rings (SSSR count). The summed E-state index contributed by atoms with van der Waals surface area (Å²) in [5.74, 6) is -1.14. The fourth-order valence-corrected chi connectivity index (χ4v) is 4.01. The molecule has 158 valence electrons. The molecule has 2 aromatic carbocycles. The zero-order valence-corrected chi connectivity index (χ0v) is 21.5. The van der Waals surface area contributed by atoms with Crippen molar-refractivity contribution >= 4 is 5.69 Å². The van der Waals surface area contributed by atoms with E-state index in [9.17, 15) is 8.78 Å². The average Bonchev–Trinajstić information content (AvgIpc) is 2.68. The second-order valence-electron chi connectivity index (χ2n) is 7.64. The topological polar surface area (TPSA) is 38.6 Å². The van der Waals surface area contributed by atoms with Gasteiger partial charge in [0.05, 0.1) is 0 Å². The van der Waals surface area contributed by atoms with Crippen molar-refractivity contribution in [3.8, 4) is 0 Å². The van der Waals surface area contributed by atoms with Gasteiger partial charge in [-0.15, -0.1) is 7.05 Å². The zero-order valence-electron chi connectivity index (χ0n) is 18.4. The summed E-state index contributed by atoms with van der Waals surface area (Å²) < 4.78 is 26.9. The summed E-state index contributed by atoms with van der Waals surface area (Å²) in [7, 11) is 3.71. The maximum Gasteiger partial charge on any atom is 1.00 e. The van der Waals surface area contributed by atoms with Gasteiger partial charge in [-0.1, -0.05) is 19.1 Å². The summed E-state index contributed by atoms with van der Waals surface area (Å²) in [5, 5.41) is 3.65. The van der Waals surface area contributed by atoms with Crippen molar-refractivity contribution in [2.24, 2.45) is 0 Å². The second kappa shape index (κ2) is 12.6. The van der Waals surface area contributed by atoms with E-state index in [4.69, 9.17) is 4.84 Å². The number of halogens is 2. The molecule has 4 nitrogen and oxygen atoms in total. The zero-order chi connectivity index (χ0) is 20.8. The smallest absolute Gasteiger partial charge is 0.537 e. The van der Waals surface area contributed by atoms with Crippen LogP contribution < -0.4 is 61.6 Å². The van der Waals surface area contributed by atoms with E-state index in [0.717, 1.165) is 32.0 Å². The summed E-state index contributed by atoms with van der Waals surface area (Å²) in [4.78, 5) is 7.77. The standard InChI is InChI=1S/C23H30F2N3O.K/c1-4-16-5-6-23-21(14-16)22(8-10-28(23)3)27-9-7-20(29-26-2)13-17-11-18(24)15-19(25)12-17;/h5-6,11-12,14-15,20,22,27H,4,7-10,13H2,1-3H3;/q-1;+1/t20-,22?;/m1./s1. The Morgan fingerprint density at radius 2 is 1.90 bits per heavy atom. The SMILES string of the molecule is CCc1ccc2c(c1)C(NCC[C@H](Cc1cc(F)cc(F)c1)O[N-]C)CCN2C.[K+]. The van der Waals surface area contributed by atoms with E-state index in [1.54, 1.807) is 7.05 Å². The van der Waals surface area contributed by atoms with Crippen LogP contribution in [-0.4, -0.2) is 33.3 Å². The van der Waals surface area contributed by atoms with E-state index in [1.807, 2.05) is 0 Å². The van der Waals surface area contributed by atoms with Gasteiger partial charge in [-0.3, -0.25) is 0 Å². The second-order valence-corrected chi connectivity index (χ2v) is 7.64. The molecule has 0 aliphatic carbocycles. The van der Waals surface area contributed by atoms with Gasteiger partial charge in [0, 0.05) is 37.5 Å². The van der Waals surface area contributed by atoms with Crippen molar-refractivity contribution in [1.82, 2.24) is 5.32 Å². The maximum atomic E-state index is 13.5. The van der Waals surface area contributed by atoms with Crippen LogP contribution >= 0.6 is 0 Å². The number of fused-ring (bicyclic) bond motifs is 1. The number of anilines is 1. The third-order valence-electron chi connectivity index (χ3n) is 5.54. The minimum atomic E-state index is -0.569. The van der Waals surface area contributed by atoms with Crippen LogP contribution in [0.15, 0.2) is 36.4 Å². The molecule has 0 bridgehead atoms. The molecule has 0 spiro atoms. The molecule has 1 aliphatic heterocycles. The number of rotatable bonds is 9. The first kappa shape index (κ1) is 25.9. The Kier molecular flexibility index (Phi) is 10.9. The molecule has 0 saturated carbocycles. The number of hydroxylamine groups is 1. The van der Waals surface area contributed by atoms with E-state index in [2.05, 4.69) is 47.9 Å². The number of benzene rings is 2. The van der Waals surface area contributed by atoms with Gasteiger partial charge in [0.25, 0.3) is 0 Å². The minimum Gasteiger partial charge on any atom is -0.537 e. The predicted molar refractivity (Wildman–Crippen MR) is 113 cm³/mol. The number of nitrogens with zero attached hydrogens (tertiary/aromatic N) is 2. The van der Waals surface area contributed by atoms with Crippen molar-refractivity contribution in [3.63, 3.8) is 0 Å². The predicted octanol–water partition coefficient (Wildman–Crippen LogP) is 1.94. The van der Waals surface area contributed by atoms with Gasteiger partial charge in [0.1, 0.15) is 11.6 Å². The first-order valence-corrected chi connectivity index (χ1v) is 10.3. The first-order valence-electron chi connectivity index (χ1n) is 10.3. The minimum absolute atomic E-state index is 0. The van der Waals surface area contributed by atoms with Crippen LogP contribution in [0.25, 0.3) is 5.48 Å². The summed E-state index contributed by atoms with van der Waals surface area (Å²) in [6.07, 6.45) is 2.93. The molecule has 30 heavy (non-hydrogen) atoms. The first-order chi connectivity index (χ1) is 14.0. The van der Waals surface area contributed by atoms with E-state index < -0.39 is 11.6 Å². The Bertz CT molecular complexity index is 801. The quantitative estimate of drug-likeness (QED) is 0.478. The van der Waals surface area contributed by atoms with Crippen molar-refractivity contribution in [3.05, 3.63) is 70.2 Å². The Morgan fingerprint density at radius 3 is 2.57 bits per heavy atom. The molecule has 1 unspecified atom stereocenters. The van der Waals surface area contributed by atoms with E-state index in [1.165, 1.54) is 28.9 Å². The molecule has 0 fully saturated rings. The van der Waals surface area contributed by atoms with Crippen LogP contribution in [0.3, 0.4) is 0 Å². The normalized spacial score (nSPS) is 16.7. The van der Waals surface area contributed by atoms with Gasteiger partial charge >= 0.3 is 51.4 Å². The van der Waals surface area contributed by atoms with E-state index in [0.29, 0.717) is 24.4 Å². The molecular weight excluding hydrogens is 411 g/mol. The third kappa shape index (κ3) is 7.07. The molecule has 0 radical (unpaired) electrons. The average molecular weight is 442 g/mol. The largest absolute Gasteiger partial charge is 1.00 e. The van der Waals surface area contributed by atoms with Gasteiger partial charge in [-0.05, 0) is 67.1 Å². The number of aryl methyl sites for hydroxylation is 1. The summed E-state index contributed by atoms with van der Waals surface area (Å²) in [6.45, 7) is 3.91. The van der Waals surface area contributed by atoms with E-state index in [-0.39, 0.29) is 57.5 Å². The van der Waals surface area contributed by atoms with Crippen molar-refractivity contribution in [2.45, 2.75) is 44.8 Å². The van der Waals surface area contributed by atoms with Crippen LogP contribution in [-0.2, 0) is 17.7 Å². The molecule has 1 N–H and O–H groups in total. The van der Waals surface area contributed by atoms with Gasteiger partial charge in [-0.25, -0.2) is 8.78 Å². The fourth-order valence-electron chi connectivity index (χ4n) is 4.01. The Balaban J connectivity index is 0.00000320. The monoisotopic (exact) mass is 441 g/mol. The molecule has 0 aromatic heterocycles. The third-order valence-corrected chi connectivity index (χ3v) is 5.54. The van der Waals surface area contributed by atoms with Crippen molar-refractivity contribution in [1.29, 1.82) is 0 Å². The van der Waals surface area contributed by atoms with Crippen LogP contribution in [0.2, 0.25) is 0 Å². The molecule has 0 amide bonds. The maximum absolute atomic E-state index is 13.5. The van der Waals surface area contributed by atoms with Crippen LogP contribution in [0.5, 0.6) is 0 Å². The molecule has 0 saturated heterocycles. The molecule has 1 heterocycles. The van der Waals surface area contributed by atoms with E-state index >= 15 is 0 Å². The Morgan fingerprint density at radius 1 is 1.17 bits per heavy atom. The fraction of sp³-hybridized carbons (Fsp3) is 0.478. The number of hydrogen-bond acceptors (Lipinski definition) is 3.